The average Bonchev–Trinajstić information content (AvgIpc) is 2.72. The van der Waals surface area contributed by atoms with Crippen molar-refractivity contribution in [2.45, 2.75) is 26.9 Å². The Morgan fingerprint density at radius 3 is 2.71 bits per heavy atom. The summed E-state index contributed by atoms with van der Waals surface area (Å²) >= 11 is 1.36. The molecular weight excluding hydrogens is 234 g/mol. The molecule has 0 aliphatic rings. The number of nitrogens with zero attached hydrogens (tertiary/aromatic N) is 2. The minimum Gasteiger partial charge on any atom is -0.483 e. The summed E-state index contributed by atoms with van der Waals surface area (Å²) in [6, 6.07) is 6.01. The van der Waals surface area contributed by atoms with Crippen molar-refractivity contribution < 1.29 is 4.74 Å². The van der Waals surface area contributed by atoms with Crippen molar-refractivity contribution in [1.82, 2.24) is 10.2 Å². The van der Waals surface area contributed by atoms with Crippen LogP contribution in [0.5, 0.6) is 5.75 Å². The highest BCUT2D eigenvalue weighted by Gasteiger charge is 2.14. The van der Waals surface area contributed by atoms with Crippen LogP contribution in [0, 0.1) is 13.8 Å². The Labute approximate surface area is 104 Å². The van der Waals surface area contributed by atoms with Gasteiger partial charge in [-0.05, 0) is 38.0 Å². The van der Waals surface area contributed by atoms with E-state index in [9.17, 15) is 0 Å². The number of aromatic nitrogens is 2. The van der Waals surface area contributed by atoms with Crippen molar-refractivity contribution in [3.05, 3.63) is 34.3 Å². The average molecular weight is 249 g/mol. The molecule has 2 rings (SSSR count). The highest BCUT2D eigenvalue weighted by molar-refractivity contribution is 7.15. The van der Waals surface area contributed by atoms with E-state index in [0.717, 1.165) is 16.3 Å². The van der Waals surface area contributed by atoms with E-state index in [1.807, 2.05) is 26.0 Å². The van der Waals surface area contributed by atoms with Crippen molar-refractivity contribution in [3.63, 3.8) is 0 Å². The van der Waals surface area contributed by atoms with E-state index in [2.05, 4.69) is 23.2 Å². The summed E-state index contributed by atoms with van der Waals surface area (Å²) in [6.07, 6.45) is -0.134. The van der Waals surface area contributed by atoms with E-state index < -0.39 is 0 Å². The van der Waals surface area contributed by atoms with Crippen LogP contribution < -0.4 is 10.5 Å². The maximum Gasteiger partial charge on any atom is 0.203 e. The molecule has 0 fully saturated rings. The fourth-order valence-corrected chi connectivity index (χ4v) is 2.10. The minimum atomic E-state index is -0.134. The maximum absolute atomic E-state index is 5.88. The predicted octanol–water partition coefficient (Wildman–Crippen LogP) is 2.88. The van der Waals surface area contributed by atoms with Crippen LogP contribution in [0.4, 0.5) is 5.13 Å². The van der Waals surface area contributed by atoms with Crippen molar-refractivity contribution in [1.29, 1.82) is 0 Å². The molecular formula is C12H15N3OS. The Kier molecular flexibility index (Phi) is 3.28. The molecule has 1 atom stereocenters. The third-order valence-corrected chi connectivity index (χ3v) is 3.58. The smallest absolute Gasteiger partial charge is 0.203 e. The number of rotatable bonds is 3. The molecule has 0 bridgehead atoms. The molecule has 2 N–H and O–H groups in total. The predicted molar refractivity (Wildman–Crippen MR) is 69.3 cm³/mol. The van der Waals surface area contributed by atoms with Crippen LogP contribution in [0.25, 0.3) is 0 Å². The van der Waals surface area contributed by atoms with Crippen molar-refractivity contribution in [2.75, 3.05) is 5.73 Å². The number of ether oxygens (including phenoxy) is 1. The van der Waals surface area contributed by atoms with Crippen LogP contribution in [-0.4, -0.2) is 10.2 Å². The molecule has 0 aliphatic heterocycles. The normalized spacial score (nSPS) is 12.4. The summed E-state index contributed by atoms with van der Waals surface area (Å²) in [4.78, 5) is 0. The molecule has 0 amide bonds. The number of aryl methyl sites for hydroxylation is 1. The van der Waals surface area contributed by atoms with Crippen LogP contribution in [0.2, 0.25) is 0 Å². The van der Waals surface area contributed by atoms with Gasteiger partial charge in [-0.3, -0.25) is 0 Å². The lowest BCUT2D eigenvalue weighted by Gasteiger charge is -2.14. The lowest BCUT2D eigenvalue weighted by Crippen LogP contribution is -2.04. The Bertz CT molecular complexity index is 524. The summed E-state index contributed by atoms with van der Waals surface area (Å²) in [5.74, 6) is 0.881. The van der Waals surface area contributed by atoms with Gasteiger partial charge in [0.2, 0.25) is 5.13 Å². The van der Waals surface area contributed by atoms with Crippen LogP contribution in [0.1, 0.15) is 29.2 Å². The van der Waals surface area contributed by atoms with E-state index in [4.69, 9.17) is 10.5 Å². The van der Waals surface area contributed by atoms with Gasteiger partial charge in [0.25, 0.3) is 0 Å². The Hall–Kier alpha value is -1.62. The molecule has 4 nitrogen and oxygen atoms in total. The van der Waals surface area contributed by atoms with Crippen molar-refractivity contribution in [3.8, 4) is 5.75 Å². The zero-order valence-corrected chi connectivity index (χ0v) is 10.9. The quantitative estimate of drug-likeness (QED) is 0.908. The van der Waals surface area contributed by atoms with Gasteiger partial charge >= 0.3 is 0 Å². The minimum absolute atomic E-state index is 0.134. The maximum atomic E-state index is 5.88. The Morgan fingerprint density at radius 1 is 1.29 bits per heavy atom. The summed E-state index contributed by atoms with van der Waals surface area (Å²) in [5.41, 5.74) is 7.92. The van der Waals surface area contributed by atoms with E-state index in [0.29, 0.717) is 5.13 Å². The molecule has 1 aromatic carbocycles. The second kappa shape index (κ2) is 4.71. The second-order valence-corrected chi connectivity index (χ2v) is 4.98. The van der Waals surface area contributed by atoms with E-state index in [1.54, 1.807) is 0 Å². The first-order chi connectivity index (χ1) is 8.08. The number of hydrogen-bond donors (Lipinski definition) is 1. The number of nitrogen functional groups attached to an aromatic ring is 1. The van der Waals surface area contributed by atoms with Crippen molar-refractivity contribution in [2.24, 2.45) is 0 Å². The summed E-state index contributed by atoms with van der Waals surface area (Å²) < 4.78 is 5.88. The topological polar surface area (TPSA) is 61.0 Å². The molecule has 0 saturated carbocycles. The van der Waals surface area contributed by atoms with Gasteiger partial charge in [0.05, 0.1) is 0 Å². The lowest BCUT2D eigenvalue weighted by atomic mass is 10.1. The zero-order valence-electron chi connectivity index (χ0n) is 10.1. The fourth-order valence-electron chi connectivity index (χ4n) is 1.50. The summed E-state index contributed by atoms with van der Waals surface area (Å²) in [6.45, 7) is 6.06. The van der Waals surface area contributed by atoms with Gasteiger partial charge in [-0.2, -0.15) is 0 Å². The third-order valence-electron chi connectivity index (χ3n) is 2.66. The summed E-state index contributed by atoms with van der Waals surface area (Å²) in [7, 11) is 0. The number of anilines is 1. The first-order valence-electron chi connectivity index (χ1n) is 5.39. The van der Waals surface area contributed by atoms with Gasteiger partial charge < -0.3 is 10.5 Å². The Balaban J connectivity index is 2.18. The molecule has 0 radical (unpaired) electrons. The van der Waals surface area contributed by atoms with E-state index >= 15 is 0 Å². The van der Waals surface area contributed by atoms with Gasteiger partial charge in [-0.1, -0.05) is 23.5 Å². The van der Waals surface area contributed by atoms with E-state index in [-0.39, 0.29) is 6.10 Å². The van der Waals surface area contributed by atoms with Gasteiger partial charge in [0, 0.05) is 0 Å². The molecule has 5 heteroatoms. The molecule has 0 aliphatic carbocycles. The molecule has 2 aromatic rings. The van der Waals surface area contributed by atoms with Gasteiger partial charge in [-0.15, -0.1) is 10.2 Å². The van der Waals surface area contributed by atoms with Crippen molar-refractivity contribution >= 4 is 16.5 Å². The number of hydrogen-bond acceptors (Lipinski definition) is 5. The summed E-state index contributed by atoms with van der Waals surface area (Å²) in [5, 5.41) is 9.03. The monoisotopic (exact) mass is 249 g/mol. The first-order valence-corrected chi connectivity index (χ1v) is 6.21. The largest absolute Gasteiger partial charge is 0.483 e. The second-order valence-electron chi connectivity index (χ2n) is 3.94. The van der Waals surface area contributed by atoms with E-state index in [1.165, 1.54) is 16.9 Å². The fraction of sp³-hybridized carbons (Fsp3) is 0.333. The molecule has 17 heavy (non-hydrogen) atoms. The number of benzene rings is 1. The third kappa shape index (κ3) is 2.55. The SMILES string of the molecule is Cc1cccc(O[C@@H](C)c2nnc(N)s2)c1C. The van der Waals surface area contributed by atoms with Crippen LogP contribution in [0.3, 0.4) is 0 Å². The van der Waals surface area contributed by atoms with Crippen LogP contribution >= 0.6 is 11.3 Å². The molecule has 0 saturated heterocycles. The standard InChI is InChI=1S/C12H15N3OS/c1-7-5-4-6-10(8(7)2)16-9(3)11-14-15-12(13)17-11/h4-6,9H,1-3H3,(H2,13,15)/t9-/m0/s1. The molecule has 1 heterocycles. The van der Waals surface area contributed by atoms with Gasteiger partial charge in [0.1, 0.15) is 11.9 Å². The van der Waals surface area contributed by atoms with Gasteiger partial charge in [0.15, 0.2) is 5.01 Å². The van der Waals surface area contributed by atoms with Crippen LogP contribution in [0.15, 0.2) is 18.2 Å². The zero-order chi connectivity index (χ0) is 12.4. The highest BCUT2D eigenvalue weighted by Crippen LogP contribution is 2.28. The molecule has 0 spiro atoms. The molecule has 1 aromatic heterocycles. The lowest BCUT2D eigenvalue weighted by molar-refractivity contribution is 0.224. The highest BCUT2D eigenvalue weighted by atomic mass is 32.1. The number of nitrogens with two attached hydrogens (primary N) is 1. The van der Waals surface area contributed by atoms with Gasteiger partial charge in [-0.25, -0.2) is 0 Å². The first kappa shape index (κ1) is 11.9. The Morgan fingerprint density at radius 2 is 2.06 bits per heavy atom. The van der Waals surface area contributed by atoms with Crippen LogP contribution in [-0.2, 0) is 0 Å². The molecule has 90 valence electrons. The molecule has 0 unspecified atom stereocenters.